The average molecular weight is 335 g/mol. The van der Waals surface area contributed by atoms with E-state index in [1.165, 1.54) is 12.0 Å². The summed E-state index contributed by atoms with van der Waals surface area (Å²) in [7, 11) is 1.30. The number of amides is 3. The molecule has 0 spiro atoms. The van der Waals surface area contributed by atoms with Gasteiger partial charge in [0.15, 0.2) is 5.69 Å². The van der Waals surface area contributed by atoms with E-state index in [0.717, 1.165) is 0 Å². The third-order valence-electron chi connectivity index (χ3n) is 3.79. The van der Waals surface area contributed by atoms with Crippen molar-refractivity contribution in [3.8, 4) is 0 Å². The Morgan fingerprint density at radius 3 is 2.33 bits per heavy atom. The van der Waals surface area contributed by atoms with E-state index in [1.54, 1.807) is 24.3 Å². The normalized spacial score (nSPS) is 18.8. The Balaban J connectivity index is 2.16. The highest BCUT2D eigenvalue weighted by molar-refractivity contribution is 5.97. The fraction of sp³-hybridized carbons (Fsp3) is 0.438. The van der Waals surface area contributed by atoms with Crippen LogP contribution in [-0.4, -0.2) is 31.4 Å². The van der Waals surface area contributed by atoms with Gasteiger partial charge in [-0.3, -0.25) is 19.7 Å². The van der Waals surface area contributed by atoms with E-state index in [9.17, 15) is 19.6 Å². The van der Waals surface area contributed by atoms with E-state index in [1.807, 2.05) is 0 Å². The number of nitrogens with zero attached hydrogens (tertiary/aromatic N) is 1. The fourth-order valence-corrected chi connectivity index (χ4v) is 2.48. The minimum Gasteiger partial charge on any atom is -0.595 e. The lowest BCUT2D eigenvalue weighted by Gasteiger charge is -2.23. The summed E-state index contributed by atoms with van der Waals surface area (Å²) in [5, 5.41) is 13.3. The zero-order valence-corrected chi connectivity index (χ0v) is 13.5. The molecule has 1 fully saturated rings. The summed E-state index contributed by atoms with van der Waals surface area (Å²) in [4.78, 5) is 41.8. The zero-order valence-electron chi connectivity index (χ0n) is 13.5. The number of carbonyl (C=O) groups excluding carboxylic acids is 3. The average Bonchev–Trinajstić information content (AvgIpc) is 2.60. The molecule has 0 bridgehead atoms. The molecule has 8 heteroatoms. The van der Waals surface area contributed by atoms with Crippen molar-refractivity contribution in [3.05, 3.63) is 29.5 Å². The Bertz CT molecular complexity index is 602. The van der Waals surface area contributed by atoms with Crippen molar-refractivity contribution < 1.29 is 24.4 Å². The van der Waals surface area contributed by atoms with E-state index in [4.69, 9.17) is 0 Å². The molecule has 1 aliphatic heterocycles. The molecule has 130 valence electrons. The van der Waals surface area contributed by atoms with Gasteiger partial charge in [0.25, 0.3) is 0 Å². The molecular formula is C16H21N3O5. The van der Waals surface area contributed by atoms with Crippen LogP contribution in [-0.2, 0) is 19.2 Å². The summed E-state index contributed by atoms with van der Waals surface area (Å²) < 4.78 is 0. The molecule has 2 N–H and O–H groups in total. The first kappa shape index (κ1) is 18.1. The van der Waals surface area contributed by atoms with Crippen molar-refractivity contribution in [2.75, 3.05) is 18.6 Å². The topological polar surface area (TPSA) is 103 Å². The molecule has 0 aromatic heterocycles. The molecule has 1 aliphatic rings. The van der Waals surface area contributed by atoms with Crippen molar-refractivity contribution in [3.63, 3.8) is 0 Å². The van der Waals surface area contributed by atoms with Crippen LogP contribution >= 0.6 is 0 Å². The van der Waals surface area contributed by atoms with Crippen LogP contribution in [0.2, 0.25) is 0 Å². The number of quaternary nitrogens is 1. The smallest absolute Gasteiger partial charge is 0.228 e. The van der Waals surface area contributed by atoms with Gasteiger partial charge in [0.2, 0.25) is 17.7 Å². The molecule has 1 atom stereocenters. The quantitative estimate of drug-likeness (QED) is 0.607. The summed E-state index contributed by atoms with van der Waals surface area (Å²) in [6, 6.07) is 6.44. The number of hydrogen-bond acceptors (Lipinski definition) is 5. The maximum absolute atomic E-state index is 12.4. The first-order chi connectivity index (χ1) is 11.5. The number of benzene rings is 1. The Labute approximate surface area is 139 Å². The second-order valence-corrected chi connectivity index (χ2v) is 5.51. The van der Waals surface area contributed by atoms with Gasteiger partial charge < -0.3 is 10.1 Å². The SMILES string of the molecule is CO[NH+]([O-])c1ccc(N2CCC(=O)NC(=O)CCCCC2=O)cc1. The van der Waals surface area contributed by atoms with Crippen LogP contribution in [0.3, 0.4) is 0 Å². The second kappa shape index (κ2) is 8.53. The van der Waals surface area contributed by atoms with Gasteiger partial charge in [-0.15, -0.1) is 0 Å². The predicted octanol–water partition coefficient (Wildman–Crippen LogP) is 0.202. The van der Waals surface area contributed by atoms with Crippen LogP contribution in [0, 0.1) is 5.21 Å². The molecule has 2 rings (SSSR count). The number of anilines is 1. The number of hydrogen-bond donors (Lipinski definition) is 2. The predicted molar refractivity (Wildman–Crippen MR) is 86.0 cm³/mol. The lowest BCUT2D eigenvalue weighted by atomic mass is 10.1. The van der Waals surface area contributed by atoms with Crippen molar-refractivity contribution in [1.29, 1.82) is 0 Å². The maximum Gasteiger partial charge on any atom is 0.228 e. The number of nitrogens with one attached hydrogen (secondary N) is 2. The number of carbonyl (C=O) groups is 3. The van der Waals surface area contributed by atoms with Crippen LogP contribution in [0.4, 0.5) is 11.4 Å². The van der Waals surface area contributed by atoms with Crippen LogP contribution < -0.4 is 15.4 Å². The summed E-state index contributed by atoms with van der Waals surface area (Å²) in [5.74, 6) is -0.808. The second-order valence-electron chi connectivity index (χ2n) is 5.51. The van der Waals surface area contributed by atoms with Crippen LogP contribution in [0.15, 0.2) is 24.3 Å². The molecule has 8 nitrogen and oxygen atoms in total. The van der Waals surface area contributed by atoms with Crippen LogP contribution in [0.25, 0.3) is 0 Å². The summed E-state index contributed by atoms with van der Waals surface area (Å²) >= 11 is 0. The molecule has 24 heavy (non-hydrogen) atoms. The molecule has 3 amide bonds. The number of imide groups is 1. The van der Waals surface area contributed by atoms with Gasteiger partial charge in [0, 0.05) is 43.6 Å². The van der Waals surface area contributed by atoms with Gasteiger partial charge >= 0.3 is 0 Å². The molecule has 1 heterocycles. The Morgan fingerprint density at radius 2 is 1.67 bits per heavy atom. The van der Waals surface area contributed by atoms with Crippen molar-refractivity contribution in [2.45, 2.75) is 32.1 Å². The van der Waals surface area contributed by atoms with E-state index in [0.29, 0.717) is 30.6 Å². The highest BCUT2D eigenvalue weighted by Crippen LogP contribution is 2.19. The molecule has 0 aliphatic carbocycles. The first-order valence-corrected chi connectivity index (χ1v) is 7.82. The Morgan fingerprint density at radius 1 is 1.04 bits per heavy atom. The lowest BCUT2D eigenvalue weighted by molar-refractivity contribution is -0.992. The van der Waals surface area contributed by atoms with Gasteiger partial charge in [-0.25, -0.2) is 4.84 Å². The maximum atomic E-state index is 12.4. The van der Waals surface area contributed by atoms with Gasteiger partial charge in [0.1, 0.15) is 0 Å². The standard InChI is InChI=1S/C16H21N3O5/c1-24-19(23)13-8-6-12(7-9-13)18-11-10-15(21)17-14(20)4-2-3-5-16(18)22/h6-9,19H,2-5,10-11H2,1H3,(H,17,20,21). The third-order valence-corrected chi connectivity index (χ3v) is 3.79. The summed E-state index contributed by atoms with van der Waals surface area (Å²) in [6.45, 7) is 0.176. The molecular weight excluding hydrogens is 314 g/mol. The molecule has 1 saturated heterocycles. The van der Waals surface area contributed by atoms with Crippen molar-refractivity contribution in [1.82, 2.24) is 5.32 Å². The summed E-state index contributed by atoms with van der Waals surface area (Å²) in [6.07, 6.45) is 1.72. The zero-order chi connectivity index (χ0) is 17.5. The molecule has 0 saturated carbocycles. The van der Waals surface area contributed by atoms with Gasteiger partial charge in [-0.1, -0.05) is 0 Å². The lowest BCUT2D eigenvalue weighted by Crippen LogP contribution is -3.00. The molecule has 1 unspecified atom stereocenters. The highest BCUT2D eigenvalue weighted by Gasteiger charge is 2.19. The largest absolute Gasteiger partial charge is 0.595 e. The Kier molecular flexibility index (Phi) is 6.42. The third kappa shape index (κ3) is 4.85. The van der Waals surface area contributed by atoms with Crippen molar-refractivity contribution >= 4 is 29.1 Å². The van der Waals surface area contributed by atoms with E-state index in [-0.39, 0.29) is 31.2 Å². The minimum atomic E-state index is -0.455. The van der Waals surface area contributed by atoms with E-state index >= 15 is 0 Å². The Hall–Kier alpha value is -2.29. The summed E-state index contributed by atoms with van der Waals surface area (Å²) in [5.41, 5.74) is 0.987. The minimum absolute atomic E-state index is 0.0379. The van der Waals surface area contributed by atoms with Gasteiger partial charge in [0.05, 0.1) is 7.11 Å². The highest BCUT2D eigenvalue weighted by atomic mass is 16.9. The fourth-order valence-electron chi connectivity index (χ4n) is 2.48. The first-order valence-electron chi connectivity index (χ1n) is 7.82. The van der Waals surface area contributed by atoms with Gasteiger partial charge in [-0.2, -0.15) is 5.23 Å². The van der Waals surface area contributed by atoms with Gasteiger partial charge in [-0.05, 0) is 25.0 Å². The molecule has 1 aromatic rings. The van der Waals surface area contributed by atoms with E-state index < -0.39 is 11.1 Å². The monoisotopic (exact) mass is 335 g/mol. The molecule has 1 aromatic carbocycles. The number of rotatable bonds is 3. The van der Waals surface area contributed by atoms with Crippen molar-refractivity contribution in [2.24, 2.45) is 0 Å². The molecule has 0 radical (unpaired) electrons. The van der Waals surface area contributed by atoms with E-state index in [2.05, 4.69) is 10.2 Å². The van der Waals surface area contributed by atoms with Crippen LogP contribution in [0.1, 0.15) is 32.1 Å². The van der Waals surface area contributed by atoms with Crippen LogP contribution in [0.5, 0.6) is 0 Å².